The van der Waals surface area contributed by atoms with Crippen molar-refractivity contribution in [3.8, 4) is 0 Å². The molecule has 1 saturated carbocycles. The minimum absolute atomic E-state index is 0.530. The topological polar surface area (TPSA) is 30.5 Å². The van der Waals surface area contributed by atoms with Gasteiger partial charge in [-0.15, -0.1) is 0 Å². The van der Waals surface area contributed by atoms with Crippen molar-refractivity contribution in [2.45, 2.75) is 45.6 Å². The Labute approximate surface area is 99.9 Å². The van der Waals surface area contributed by atoms with Gasteiger partial charge in [-0.1, -0.05) is 6.92 Å². The van der Waals surface area contributed by atoms with E-state index in [1.165, 1.54) is 25.7 Å². The molecule has 1 aliphatic rings. The number of hydrogen-bond acceptors (Lipinski definition) is 3. The van der Waals surface area contributed by atoms with Crippen molar-refractivity contribution in [1.82, 2.24) is 5.32 Å². The number of methoxy groups -OCH3 is 1. The third-order valence-electron chi connectivity index (χ3n) is 3.69. The molecule has 16 heavy (non-hydrogen) atoms. The molecule has 1 aliphatic carbocycles. The molecule has 1 unspecified atom stereocenters. The molecule has 1 atom stereocenters. The molecule has 1 fully saturated rings. The van der Waals surface area contributed by atoms with E-state index in [1.807, 2.05) is 0 Å². The van der Waals surface area contributed by atoms with Gasteiger partial charge >= 0.3 is 0 Å². The summed E-state index contributed by atoms with van der Waals surface area (Å²) in [5.74, 6) is 0. The van der Waals surface area contributed by atoms with Gasteiger partial charge in [0.2, 0.25) is 0 Å². The van der Waals surface area contributed by atoms with Crippen LogP contribution in [0.2, 0.25) is 0 Å². The van der Waals surface area contributed by atoms with E-state index in [1.54, 1.807) is 7.11 Å². The Morgan fingerprint density at radius 2 is 2.00 bits per heavy atom. The standard InChI is InChI=1S/C13H27NO2/c1-4-8-14-12(2)13(5-6-13)7-9-16-11-10-15-3/h12,14H,4-11H2,1-3H3. The van der Waals surface area contributed by atoms with Crippen LogP contribution in [0, 0.1) is 5.41 Å². The number of ether oxygens (including phenoxy) is 2. The Kier molecular flexibility index (Phi) is 6.32. The van der Waals surface area contributed by atoms with Gasteiger partial charge in [0.05, 0.1) is 13.2 Å². The lowest BCUT2D eigenvalue weighted by atomic mass is 9.94. The maximum absolute atomic E-state index is 5.55. The van der Waals surface area contributed by atoms with Gasteiger partial charge in [-0.2, -0.15) is 0 Å². The smallest absolute Gasteiger partial charge is 0.0700 e. The Morgan fingerprint density at radius 1 is 1.25 bits per heavy atom. The van der Waals surface area contributed by atoms with Crippen molar-refractivity contribution in [1.29, 1.82) is 0 Å². The van der Waals surface area contributed by atoms with Crippen molar-refractivity contribution < 1.29 is 9.47 Å². The first-order valence-corrected chi connectivity index (χ1v) is 6.55. The molecule has 0 saturated heterocycles. The fourth-order valence-electron chi connectivity index (χ4n) is 2.16. The molecular weight excluding hydrogens is 202 g/mol. The molecule has 96 valence electrons. The quantitative estimate of drug-likeness (QED) is 0.583. The summed E-state index contributed by atoms with van der Waals surface area (Å²) in [6.07, 6.45) is 5.12. The van der Waals surface area contributed by atoms with E-state index in [-0.39, 0.29) is 0 Å². The first-order valence-electron chi connectivity index (χ1n) is 6.55. The zero-order chi connectivity index (χ0) is 11.9. The molecule has 0 spiro atoms. The summed E-state index contributed by atoms with van der Waals surface area (Å²) in [5.41, 5.74) is 0.530. The lowest BCUT2D eigenvalue weighted by molar-refractivity contribution is 0.0592. The third-order valence-corrected chi connectivity index (χ3v) is 3.69. The van der Waals surface area contributed by atoms with E-state index >= 15 is 0 Å². The highest BCUT2D eigenvalue weighted by Crippen LogP contribution is 2.51. The Morgan fingerprint density at radius 3 is 2.56 bits per heavy atom. The van der Waals surface area contributed by atoms with Crippen molar-refractivity contribution in [3.05, 3.63) is 0 Å². The van der Waals surface area contributed by atoms with Gasteiger partial charge in [0.15, 0.2) is 0 Å². The van der Waals surface area contributed by atoms with Gasteiger partial charge in [0, 0.05) is 19.8 Å². The first-order chi connectivity index (χ1) is 7.75. The van der Waals surface area contributed by atoms with Gasteiger partial charge < -0.3 is 14.8 Å². The molecule has 3 heteroatoms. The predicted octanol–water partition coefficient (Wildman–Crippen LogP) is 2.21. The summed E-state index contributed by atoms with van der Waals surface area (Å²) < 4.78 is 10.5. The van der Waals surface area contributed by atoms with Crippen LogP contribution in [-0.2, 0) is 9.47 Å². The first kappa shape index (κ1) is 13.9. The second kappa shape index (κ2) is 7.25. The predicted molar refractivity (Wildman–Crippen MR) is 66.7 cm³/mol. The van der Waals surface area contributed by atoms with E-state index in [0.717, 1.165) is 19.8 Å². The second-order valence-corrected chi connectivity index (χ2v) is 4.89. The van der Waals surface area contributed by atoms with Gasteiger partial charge in [-0.25, -0.2) is 0 Å². The molecule has 0 bridgehead atoms. The summed E-state index contributed by atoms with van der Waals surface area (Å²) in [6, 6.07) is 0.637. The molecular formula is C13H27NO2. The van der Waals surface area contributed by atoms with Crippen molar-refractivity contribution in [3.63, 3.8) is 0 Å². The molecule has 0 aromatic heterocycles. The Balaban J connectivity index is 2.09. The zero-order valence-electron chi connectivity index (χ0n) is 11.1. The van der Waals surface area contributed by atoms with Crippen molar-refractivity contribution in [2.75, 3.05) is 33.5 Å². The average Bonchev–Trinajstić information content (AvgIpc) is 3.07. The van der Waals surface area contributed by atoms with Crippen LogP contribution in [0.1, 0.15) is 39.5 Å². The highest BCUT2D eigenvalue weighted by Gasteiger charge is 2.46. The summed E-state index contributed by atoms with van der Waals surface area (Å²) >= 11 is 0. The third kappa shape index (κ3) is 4.40. The Hall–Kier alpha value is -0.120. The molecule has 0 amide bonds. The van der Waals surface area contributed by atoms with Gasteiger partial charge in [-0.05, 0) is 44.6 Å². The lowest BCUT2D eigenvalue weighted by Gasteiger charge is -2.24. The highest BCUT2D eigenvalue weighted by atomic mass is 16.5. The van der Waals surface area contributed by atoms with Crippen molar-refractivity contribution >= 4 is 0 Å². The summed E-state index contributed by atoms with van der Waals surface area (Å²) in [4.78, 5) is 0. The van der Waals surface area contributed by atoms with Gasteiger partial charge in [0.25, 0.3) is 0 Å². The highest BCUT2D eigenvalue weighted by molar-refractivity contribution is 5.00. The molecule has 0 aromatic rings. The largest absolute Gasteiger partial charge is 0.382 e. The van der Waals surface area contributed by atoms with Gasteiger partial charge in [0.1, 0.15) is 0 Å². The minimum atomic E-state index is 0.530. The average molecular weight is 229 g/mol. The molecule has 0 radical (unpaired) electrons. The number of hydrogen-bond donors (Lipinski definition) is 1. The molecule has 3 nitrogen and oxygen atoms in total. The van der Waals surface area contributed by atoms with Crippen LogP contribution in [0.3, 0.4) is 0 Å². The van der Waals surface area contributed by atoms with Gasteiger partial charge in [-0.3, -0.25) is 0 Å². The number of rotatable bonds is 10. The fourth-order valence-corrected chi connectivity index (χ4v) is 2.16. The Bertz CT molecular complexity index is 181. The molecule has 0 aromatic carbocycles. The fraction of sp³-hybridized carbons (Fsp3) is 1.00. The summed E-state index contributed by atoms with van der Waals surface area (Å²) in [5, 5.41) is 3.61. The molecule has 0 aliphatic heterocycles. The summed E-state index contributed by atoms with van der Waals surface area (Å²) in [6.45, 7) is 7.97. The molecule has 1 rings (SSSR count). The number of nitrogens with one attached hydrogen (secondary N) is 1. The van der Waals surface area contributed by atoms with Crippen LogP contribution in [0.15, 0.2) is 0 Å². The van der Waals surface area contributed by atoms with E-state index in [9.17, 15) is 0 Å². The lowest BCUT2D eigenvalue weighted by Crippen LogP contribution is -2.36. The second-order valence-electron chi connectivity index (χ2n) is 4.89. The minimum Gasteiger partial charge on any atom is -0.382 e. The normalized spacial score (nSPS) is 19.7. The van der Waals surface area contributed by atoms with E-state index in [4.69, 9.17) is 9.47 Å². The monoisotopic (exact) mass is 229 g/mol. The molecule has 0 heterocycles. The van der Waals surface area contributed by atoms with E-state index in [2.05, 4.69) is 19.2 Å². The van der Waals surface area contributed by atoms with Crippen LogP contribution in [0.4, 0.5) is 0 Å². The van der Waals surface area contributed by atoms with Crippen LogP contribution in [-0.4, -0.2) is 39.5 Å². The van der Waals surface area contributed by atoms with E-state index in [0.29, 0.717) is 18.1 Å². The maximum atomic E-state index is 5.55. The zero-order valence-corrected chi connectivity index (χ0v) is 11.1. The molecule has 1 N–H and O–H groups in total. The van der Waals surface area contributed by atoms with Crippen LogP contribution in [0.25, 0.3) is 0 Å². The van der Waals surface area contributed by atoms with Crippen LogP contribution in [0.5, 0.6) is 0 Å². The van der Waals surface area contributed by atoms with Crippen LogP contribution < -0.4 is 5.32 Å². The van der Waals surface area contributed by atoms with Crippen LogP contribution >= 0.6 is 0 Å². The SMILES string of the molecule is CCCNC(C)C1(CCOCCOC)CC1. The summed E-state index contributed by atoms with van der Waals surface area (Å²) in [7, 11) is 1.71. The van der Waals surface area contributed by atoms with E-state index < -0.39 is 0 Å². The maximum Gasteiger partial charge on any atom is 0.0700 e. The van der Waals surface area contributed by atoms with Crippen molar-refractivity contribution in [2.24, 2.45) is 5.41 Å².